The third-order valence-electron chi connectivity index (χ3n) is 4.83. The summed E-state index contributed by atoms with van der Waals surface area (Å²) in [6.07, 6.45) is 9.44. The van der Waals surface area contributed by atoms with Crippen molar-refractivity contribution >= 4 is 16.9 Å². The average molecular weight is 369 g/mol. The molecule has 0 radical (unpaired) electrons. The number of anilines is 1. The zero-order valence-corrected chi connectivity index (χ0v) is 15.5. The van der Waals surface area contributed by atoms with Gasteiger partial charge in [-0.3, -0.25) is 9.67 Å². The van der Waals surface area contributed by atoms with Crippen molar-refractivity contribution in [1.82, 2.24) is 30.0 Å². The summed E-state index contributed by atoms with van der Waals surface area (Å²) in [4.78, 5) is 13.5. The van der Waals surface area contributed by atoms with Crippen molar-refractivity contribution in [3.05, 3.63) is 30.9 Å². The third-order valence-corrected chi connectivity index (χ3v) is 4.83. The van der Waals surface area contributed by atoms with Gasteiger partial charge >= 0.3 is 0 Å². The highest BCUT2D eigenvalue weighted by Crippen LogP contribution is 2.27. The lowest BCUT2D eigenvalue weighted by Crippen LogP contribution is -2.46. The Labute approximate surface area is 157 Å². The van der Waals surface area contributed by atoms with Crippen molar-refractivity contribution in [2.45, 2.75) is 38.4 Å². The van der Waals surface area contributed by atoms with Crippen LogP contribution in [-0.4, -0.2) is 50.0 Å². The van der Waals surface area contributed by atoms with Crippen molar-refractivity contribution in [3.63, 3.8) is 0 Å². The monoisotopic (exact) mass is 369 g/mol. The molecule has 1 atom stereocenters. The number of aryl methyl sites for hydroxylation is 1. The molecule has 27 heavy (non-hydrogen) atoms. The van der Waals surface area contributed by atoms with Crippen LogP contribution in [0.25, 0.3) is 22.3 Å². The first-order valence-electron chi connectivity index (χ1n) is 9.45. The lowest BCUT2D eigenvalue weighted by atomic mass is 9.96. The first-order chi connectivity index (χ1) is 13.2. The molecular formula is C19H24FN7. The summed E-state index contributed by atoms with van der Waals surface area (Å²) >= 11 is 0. The maximum atomic E-state index is 15.0. The topological polar surface area (TPSA) is 80.5 Å². The van der Waals surface area contributed by atoms with Gasteiger partial charge in [-0.15, -0.1) is 0 Å². The first-order valence-corrected chi connectivity index (χ1v) is 9.45. The summed E-state index contributed by atoms with van der Waals surface area (Å²) in [5.74, 6) is 0.557. The molecule has 1 aliphatic rings. The van der Waals surface area contributed by atoms with Gasteiger partial charge in [0.25, 0.3) is 0 Å². The number of rotatable bonds is 6. The zero-order valence-electron chi connectivity index (χ0n) is 15.5. The van der Waals surface area contributed by atoms with Crippen molar-refractivity contribution in [2.24, 2.45) is 0 Å². The number of pyridine rings is 1. The summed E-state index contributed by atoms with van der Waals surface area (Å²) in [6, 6.07) is 1.90. The Kier molecular flexibility index (Phi) is 4.98. The van der Waals surface area contributed by atoms with Crippen LogP contribution in [0, 0.1) is 0 Å². The van der Waals surface area contributed by atoms with Crippen LogP contribution in [0.1, 0.15) is 26.2 Å². The van der Waals surface area contributed by atoms with E-state index in [0.29, 0.717) is 24.3 Å². The Morgan fingerprint density at radius 3 is 3.04 bits per heavy atom. The van der Waals surface area contributed by atoms with Crippen LogP contribution in [0.4, 0.5) is 10.2 Å². The third kappa shape index (κ3) is 3.90. The molecule has 0 saturated carbocycles. The Morgan fingerprint density at radius 1 is 1.33 bits per heavy atom. The van der Waals surface area contributed by atoms with E-state index < -0.39 is 5.67 Å². The lowest BCUT2D eigenvalue weighted by Gasteiger charge is -2.30. The van der Waals surface area contributed by atoms with Crippen LogP contribution in [-0.2, 0) is 6.54 Å². The number of aromatic nitrogens is 5. The molecule has 1 fully saturated rings. The first kappa shape index (κ1) is 17.8. The molecule has 4 heterocycles. The molecule has 3 aromatic rings. The van der Waals surface area contributed by atoms with E-state index in [2.05, 4.69) is 32.6 Å². The number of hydrogen-bond acceptors (Lipinski definition) is 6. The number of halogens is 1. The summed E-state index contributed by atoms with van der Waals surface area (Å²) in [6.45, 7) is 4.38. The molecule has 4 rings (SSSR count). The molecule has 1 saturated heterocycles. The summed E-state index contributed by atoms with van der Waals surface area (Å²) in [5, 5.41) is 10.7. The highest BCUT2D eigenvalue weighted by Gasteiger charge is 2.31. The molecule has 1 unspecified atom stereocenters. The Balaban J connectivity index is 1.65. The second kappa shape index (κ2) is 7.56. The van der Waals surface area contributed by atoms with E-state index in [1.807, 2.05) is 16.9 Å². The van der Waals surface area contributed by atoms with Crippen LogP contribution in [0.2, 0.25) is 0 Å². The van der Waals surface area contributed by atoms with Gasteiger partial charge in [-0.2, -0.15) is 5.10 Å². The molecule has 3 aromatic heterocycles. The minimum absolute atomic E-state index is 0.192. The molecule has 7 nitrogen and oxygen atoms in total. The van der Waals surface area contributed by atoms with Crippen molar-refractivity contribution in [2.75, 3.05) is 25.0 Å². The van der Waals surface area contributed by atoms with Gasteiger partial charge in [0.2, 0.25) is 0 Å². The average Bonchev–Trinajstić information content (AvgIpc) is 3.16. The number of piperidine rings is 1. The predicted octanol–water partition coefficient (Wildman–Crippen LogP) is 2.80. The Bertz CT molecular complexity index is 917. The van der Waals surface area contributed by atoms with Gasteiger partial charge in [-0.05, 0) is 31.9 Å². The molecule has 2 N–H and O–H groups in total. The van der Waals surface area contributed by atoms with Gasteiger partial charge < -0.3 is 10.6 Å². The van der Waals surface area contributed by atoms with E-state index in [1.54, 1.807) is 18.6 Å². The molecular weight excluding hydrogens is 345 g/mol. The van der Waals surface area contributed by atoms with E-state index in [1.165, 1.54) is 0 Å². The van der Waals surface area contributed by atoms with Crippen LogP contribution in [0.5, 0.6) is 0 Å². The number of fused-ring (bicyclic) bond motifs is 1. The minimum Gasteiger partial charge on any atom is -0.365 e. The Morgan fingerprint density at radius 2 is 2.22 bits per heavy atom. The van der Waals surface area contributed by atoms with Crippen molar-refractivity contribution in [1.29, 1.82) is 0 Å². The zero-order chi connectivity index (χ0) is 18.7. The molecule has 0 amide bonds. The minimum atomic E-state index is -1.28. The fourth-order valence-electron chi connectivity index (χ4n) is 3.41. The quantitative estimate of drug-likeness (QED) is 0.695. The van der Waals surface area contributed by atoms with Crippen LogP contribution >= 0.6 is 0 Å². The predicted molar refractivity (Wildman–Crippen MR) is 103 cm³/mol. The highest BCUT2D eigenvalue weighted by molar-refractivity contribution is 5.88. The van der Waals surface area contributed by atoms with Crippen molar-refractivity contribution in [3.8, 4) is 11.3 Å². The second-order valence-corrected chi connectivity index (χ2v) is 7.06. The van der Waals surface area contributed by atoms with E-state index >= 15 is 0 Å². The van der Waals surface area contributed by atoms with Crippen LogP contribution < -0.4 is 10.6 Å². The van der Waals surface area contributed by atoms with E-state index in [0.717, 1.165) is 42.7 Å². The summed E-state index contributed by atoms with van der Waals surface area (Å²) in [7, 11) is 0. The van der Waals surface area contributed by atoms with E-state index in [4.69, 9.17) is 4.98 Å². The van der Waals surface area contributed by atoms with E-state index in [9.17, 15) is 4.39 Å². The maximum Gasteiger partial charge on any atom is 0.155 e. The number of hydrogen-bond donors (Lipinski definition) is 2. The Hall–Kier alpha value is -2.61. The molecule has 0 aliphatic carbocycles. The normalized spacial score (nSPS) is 20.1. The summed E-state index contributed by atoms with van der Waals surface area (Å²) in [5.41, 5.74) is 1.75. The van der Waals surface area contributed by atoms with Crippen LogP contribution in [0.15, 0.2) is 30.9 Å². The van der Waals surface area contributed by atoms with Gasteiger partial charge in [0.1, 0.15) is 11.2 Å². The SMILES string of the molecule is CCCn1cc(-c2cc3nccnc3c(NCC3(F)CCCNC3)n2)cn1. The fraction of sp³-hybridized carbons (Fsp3) is 0.474. The molecule has 142 valence electrons. The molecule has 0 bridgehead atoms. The fourth-order valence-corrected chi connectivity index (χ4v) is 3.41. The standard InChI is InChI=1S/C19H24FN7/c1-2-8-27-11-14(10-25-27)15-9-16-17(23-7-6-22-16)18(26-15)24-13-19(20)4-3-5-21-12-19/h6-7,9-11,21H,2-5,8,12-13H2,1H3,(H,24,26). The molecule has 8 heteroatoms. The lowest BCUT2D eigenvalue weighted by molar-refractivity contribution is 0.137. The largest absolute Gasteiger partial charge is 0.365 e. The van der Waals surface area contributed by atoms with Gasteiger partial charge in [-0.1, -0.05) is 6.92 Å². The van der Waals surface area contributed by atoms with E-state index in [-0.39, 0.29) is 6.54 Å². The van der Waals surface area contributed by atoms with Gasteiger partial charge in [-0.25, -0.2) is 14.4 Å². The second-order valence-electron chi connectivity index (χ2n) is 7.06. The smallest absolute Gasteiger partial charge is 0.155 e. The number of nitrogens with one attached hydrogen (secondary N) is 2. The van der Waals surface area contributed by atoms with Gasteiger partial charge in [0.15, 0.2) is 5.82 Å². The maximum absolute atomic E-state index is 15.0. The van der Waals surface area contributed by atoms with Gasteiger partial charge in [0.05, 0.1) is 24.0 Å². The molecule has 1 aliphatic heterocycles. The van der Waals surface area contributed by atoms with Crippen LogP contribution in [0.3, 0.4) is 0 Å². The highest BCUT2D eigenvalue weighted by atomic mass is 19.1. The molecule has 0 aromatic carbocycles. The van der Waals surface area contributed by atoms with Crippen molar-refractivity contribution < 1.29 is 4.39 Å². The number of alkyl halides is 1. The summed E-state index contributed by atoms with van der Waals surface area (Å²) < 4.78 is 16.9. The number of nitrogens with zero attached hydrogens (tertiary/aromatic N) is 5. The van der Waals surface area contributed by atoms with Gasteiger partial charge in [0, 0.05) is 37.2 Å². The molecule has 0 spiro atoms.